The van der Waals surface area contributed by atoms with E-state index in [1.807, 2.05) is 0 Å². The van der Waals surface area contributed by atoms with Crippen LogP contribution in [0.3, 0.4) is 0 Å². The van der Waals surface area contributed by atoms with Crippen LogP contribution in [0.1, 0.15) is 11.3 Å². The summed E-state index contributed by atoms with van der Waals surface area (Å²) < 4.78 is 22.3. The Kier molecular flexibility index (Phi) is 4.46. The molecule has 5 N–H and O–H groups in total. The fourth-order valence-electron chi connectivity index (χ4n) is 1.56. The predicted molar refractivity (Wildman–Crippen MR) is 83.1 cm³/mol. The number of hydrogen-bond donors (Lipinski definition) is 3. The van der Waals surface area contributed by atoms with Gasteiger partial charge in [-0.3, -0.25) is 0 Å². The van der Waals surface area contributed by atoms with Gasteiger partial charge in [-0.1, -0.05) is 24.4 Å². The number of benzene rings is 1. The molecular weight excluding hydrogens is 310 g/mol. The van der Waals surface area contributed by atoms with Crippen LogP contribution in [0.5, 0.6) is 0 Å². The van der Waals surface area contributed by atoms with E-state index in [0.29, 0.717) is 18.2 Å². The summed E-state index contributed by atoms with van der Waals surface area (Å²) in [5.41, 5.74) is 6.82. The maximum absolute atomic E-state index is 11.1. The molecule has 0 bridgehead atoms. The van der Waals surface area contributed by atoms with Gasteiger partial charge in [0.25, 0.3) is 0 Å². The Hall–Kier alpha value is -2.10. The Labute approximate surface area is 127 Å². The maximum Gasteiger partial charge on any atom is 0.238 e. The highest BCUT2D eigenvalue weighted by Crippen LogP contribution is 2.10. The molecule has 0 spiro atoms. The molecule has 2 aromatic rings. The zero-order valence-electron chi connectivity index (χ0n) is 10.9. The van der Waals surface area contributed by atoms with E-state index in [4.69, 9.17) is 23.1 Å². The minimum Gasteiger partial charge on any atom is -0.388 e. The lowest BCUT2D eigenvalue weighted by Crippen LogP contribution is -2.14. The molecule has 1 aromatic heterocycles. The van der Waals surface area contributed by atoms with Gasteiger partial charge in [-0.15, -0.1) is 0 Å². The molecule has 2 rings (SSSR count). The zero-order valence-corrected chi connectivity index (χ0v) is 12.5. The number of sulfonamides is 1. The van der Waals surface area contributed by atoms with Gasteiger partial charge in [0, 0.05) is 12.7 Å². The number of hydrogen-bond acceptors (Lipinski definition) is 6. The van der Waals surface area contributed by atoms with Crippen molar-refractivity contribution in [2.45, 2.75) is 11.4 Å². The van der Waals surface area contributed by atoms with Crippen LogP contribution in [-0.4, -0.2) is 23.4 Å². The lowest BCUT2D eigenvalue weighted by atomic mass is 10.2. The van der Waals surface area contributed by atoms with Crippen LogP contribution >= 0.6 is 12.2 Å². The third-order valence-corrected chi connectivity index (χ3v) is 3.75. The first-order valence-electron chi connectivity index (χ1n) is 5.85. The molecule has 0 aliphatic carbocycles. The first kappa shape index (κ1) is 15.3. The van der Waals surface area contributed by atoms with Crippen LogP contribution in [0.4, 0.5) is 5.95 Å². The largest absolute Gasteiger partial charge is 0.388 e. The molecule has 110 valence electrons. The highest BCUT2D eigenvalue weighted by atomic mass is 32.2. The van der Waals surface area contributed by atoms with Gasteiger partial charge in [-0.25, -0.2) is 23.5 Å². The number of nitrogens with two attached hydrogens (primary N) is 2. The summed E-state index contributed by atoms with van der Waals surface area (Å²) in [5.74, 6) is 0.385. The number of rotatable bonds is 5. The van der Waals surface area contributed by atoms with Gasteiger partial charge < -0.3 is 11.1 Å². The second-order valence-corrected chi connectivity index (χ2v) is 6.17. The van der Waals surface area contributed by atoms with Crippen LogP contribution in [-0.2, 0) is 16.6 Å². The Morgan fingerprint density at radius 3 is 2.48 bits per heavy atom. The van der Waals surface area contributed by atoms with Gasteiger partial charge in [0.05, 0.1) is 4.90 Å². The molecule has 9 heteroatoms. The summed E-state index contributed by atoms with van der Waals surface area (Å²) in [6, 6.07) is 7.82. The molecule has 0 aliphatic rings. The summed E-state index contributed by atoms with van der Waals surface area (Å²) >= 11 is 4.84. The maximum atomic E-state index is 11.1. The smallest absolute Gasteiger partial charge is 0.238 e. The van der Waals surface area contributed by atoms with E-state index in [1.54, 1.807) is 24.4 Å². The van der Waals surface area contributed by atoms with Crippen molar-refractivity contribution in [1.82, 2.24) is 9.97 Å². The molecule has 1 aromatic carbocycles. The summed E-state index contributed by atoms with van der Waals surface area (Å²) in [4.78, 5) is 8.44. The van der Waals surface area contributed by atoms with Crippen LogP contribution < -0.4 is 16.2 Å². The normalized spacial score (nSPS) is 11.1. The second kappa shape index (κ2) is 6.12. The number of aromatic nitrogens is 2. The lowest BCUT2D eigenvalue weighted by molar-refractivity contribution is 0.598. The molecule has 21 heavy (non-hydrogen) atoms. The minimum atomic E-state index is -3.68. The zero-order chi connectivity index (χ0) is 15.5. The van der Waals surface area contributed by atoms with Crippen molar-refractivity contribution in [3.8, 4) is 0 Å². The van der Waals surface area contributed by atoms with Gasteiger partial charge in [0.1, 0.15) is 10.7 Å². The number of nitrogens with one attached hydrogen (secondary N) is 1. The first-order chi connectivity index (χ1) is 9.86. The van der Waals surface area contributed by atoms with Crippen molar-refractivity contribution in [1.29, 1.82) is 0 Å². The van der Waals surface area contributed by atoms with Crippen molar-refractivity contribution in [2.75, 3.05) is 5.32 Å². The summed E-state index contributed by atoms with van der Waals surface area (Å²) in [6.07, 6.45) is 1.55. The van der Waals surface area contributed by atoms with E-state index in [2.05, 4.69) is 15.3 Å². The third-order valence-electron chi connectivity index (χ3n) is 2.61. The van der Waals surface area contributed by atoms with Crippen molar-refractivity contribution < 1.29 is 8.42 Å². The van der Waals surface area contributed by atoms with Crippen molar-refractivity contribution in [3.05, 3.63) is 47.8 Å². The fourth-order valence-corrected chi connectivity index (χ4v) is 2.19. The Morgan fingerprint density at radius 1 is 1.24 bits per heavy atom. The average molecular weight is 323 g/mol. The van der Waals surface area contributed by atoms with E-state index in [9.17, 15) is 8.42 Å². The number of nitrogens with zero attached hydrogens (tertiary/aromatic N) is 2. The highest BCUT2D eigenvalue weighted by Gasteiger charge is 2.07. The SMILES string of the molecule is NC(=S)c1ccnc(NCc2ccc(S(N)(=O)=O)cc2)n1. The molecule has 0 amide bonds. The Morgan fingerprint density at radius 2 is 1.90 bits per heavy atom. The fraction of sp³-hybridized carbons (Fsp3) is 0.0833. The van der Waals surface area contributed by atoms with Gasteiger partial charge in [0.15, 0.2) is 0 Å². The molecular formula is C12H13N5O2S2. The van der Waals surface area contributed by atoms with Gasteiger partial charge >= 0.3 is 0 Å². The molecule has 0 aliphatic heterocycles. The van der Waals surface area contributed by atoms with E-state index in [-0.39, 0.29) is 9.88 Å². The van der Waals surface area contributed by atoms with E-state index in [0.717, 1.165) is 5.56 Å². The average Bonchev–Trinajstić information content (AvgIpc) is 2.45. The quantitative estimate of drug-likeness (QED) is 0.679. The van der Waals surface area contributed by atoms with Crippen LogP contribution in [0, 0.1) is 0 Å². The molecule has 0 unspecified atom stereocenters. The van der Waals surface area contributed by atoms with Crippen LogP contribution in [0.15, 0.2) is 41.4 Å². The molecule has 0 saturated heterocycles. The van der Waals surface area contributed by atoms with Gasteiger partial charge in [-0.2, -0.15) is 0 Å². The predicted octanol–water partition coefficient (Wildman–Crippen LogP) is 0.370. The van der Waals surface area contributed by atoms with Crippen molar-refractivity contribution in [3.63, 3.8) is 0 Å². The second-order valence-electron chi connectivity index (χ2n) is 4.17. The molecule has 0 saturated carbocycles. The van der Waals surface area contributed by atoms with E-state index >= 15 is 0 Å². The molecule has 0 radical (unpaired) electrons. The van der Waals surface area contributed by atoms with E-state index in [1.165, 1.54) is 12.1 Å². The summed E-state index contributed by atoms with van der Waals surface area (Å²) in [7, 11) is -3.68. The van der Waals surface area contributed by atoms with Crippen LogP contribution in [0.25, 0.3) is 0 Å². The monoisotopic (exact) mass is 323 g/mol. The number of thiocarbonyl (C=S) groups is 1. The Bertz CT molecular complexity index is 759. The standard InChI is InChI=1S/C12H13N5O2S2/c13-11(20)10-5-6-15-12(17-10)16-7-8-1-3-9(4-2-8)21(14,18)19/h1-6H,7H2,(H2,13,20)(H2,14,18,19)(H,15,16,17). The van der Waals surface area contributed by atoms with E-state index < -0.39 is 10.0 Å². The number of anilines is 1. The molecule has 1 heterocycles. The van der Waals surface area contributed by atoms with Crippen molar-refractivity contribution >= 4 is 33.2 Å². The lowest BCUT2D eigenvalue weighted by Gasteiger charge is -2.06. The molecule has 0 fully saturated rings. The van der Waals surface area contributed by atoms with Gasteiger partial charge in [0.2, 0.25) is 16.0 Å². The van der Waals surface area contributed by atoms with Gasteiger partial charge in [-0.05, 0) is 23.8 Å². The molecule has 7 nitrogen and oxygen atoms in total. The minimum absolute atomic E-state index is 0.0676. The third kappa shape index (κ3) is 4.18. The first-order valence-corrected chi connectivity index (χ1v) is 7.80. The highest BCUT2D eigenvalue weighted by molar-refractivity contribution is 7.89. The van der Waals surface area contributed by atoms with Crippen LogP contribution in [0.2, 0.25) is 0 Å². The summed E-state index contributed by atoms with van der Waals surface area (Å²) in [5, 5.41) is 8.03. The topological polar surface area (TPSA) is 124 Å². The molecule has 0 atom stereocenters. The van der Waals surface area contributed by atoms with Crippen molar-refractivity contribution in [2.24, 2.45) is 10.9 Å². The summed E-state index contributed by atoms with van der Waals surface area (Å²) in [6.45, 7) is 0.422. The Balaban J connectivity index is 2.06. The number of primary sulfonamides is 1.